The van der Waals surface area contributed by atoms with Crippen molar-refractivity contribution >= 4 is 23.3 Å². The molecule has 2 amide bonds. The van der Waals surface area contributed by atoms with E-state index in [1.807, 2.05) is 17.0 Å². The molecule has 2 saturated heterocycles. The normalized spacial score (nSPS) is 24.3. The van der Waals surface area contributed by atoms with Gasteiger partial charge in [-0.05, 0) is 56.2 Å². The predicted molar refractivity (Wildman–Crippen MR) is 101 cm³/mol. The third-order valence-corrected chi connectivity index (χ3v) is 5.56. The number of carbonyl (C=O) groups is 1. The Morgan fingerprint density at radius 2 is 2.12 bits per heavy atom. The van der Waals surface area contributed by atoms with Crippen LogP contribution >= 0.6 is 11.6 Å². The Bertz CT molecular complexity index is 610. The molecule has 0 spiro atoms. The molecule has 25 heavy (non-hydrogen) atoms. The highest BCUT2D eigenvalue weighted by atomic mass is 35.5. The van der Waals surface area contributed by atoms with Gasteiger partial charge in [-0.15, -0.1) is 0 Å². The number of nitrogens with zero attached hydrogens (tertiary/aromatic N) is 2. The van der Waals surface area contributed by atoms with Crippen molar-refractivity contribution in [1.82, 2.24) is 10.2 Å². The number of urea groups is 1. The highest BCUT2D eigenvalue weighted by Crippen LogP contribution is 2.29. The second kappa shape index (κ2) is 8.28. The lowest BCUT2D eigenvalue weighted by molar-refractivity contribution is 0.155. The van der Waals surface area contributed by atoms with Crippen LogP contribution in [0.1, 0.15) is 31.2 Å². The number of hydrogen-bond donors (Lipinski definition) is 2. The van der Waals surface area contributed by atoms with Crippen LogP contribution in [0.25, 0.3) is 0 Å². The number of aliphatic hydroxyl groups excluding tert-OH is 1. The zero-order valence-corrected chi connectivity index (χ0v) is 15.6. The summed E-state index contributed by atoms with van der Waals surface area (Å²) in [5.41, 5.74) is 2.43. The third kappa shape index (κ3) is 4.79. The quantitative estimate of drug-likeness (QED) is 0.865. The average molecular weight is 366 g/mol. The van der Waals surface area contributed by atoms with E-state index in [0.29, 0.717) is 25.4 Å². The Labute approximate surface area is 154 Å². The van der Waals surface area contributed by atoms with E-state index >= 15 is 0 Å². The lowest BCUT2D eigenvalue weighted by Crippen LogP contribution is -2.42. The zero-order chi connectivity index (χ0) is 17.8. The van der Waals surface area contributed by atoms with Crippen molar-refractivity contribution < 1.29 is 9.90 Å². The van der Waals surface area contributed by atoms with Crippen molar-refractivity contribution in [3.8, 4) is 0 Å². The Hall–Kier alpha value is -1.46. The Morgan fingerprint density at radius 1 is 1.28 bits per heavy atom. The standard InChI is InChI=1S/C19H28ClN3O2/c1-14-4-5-16(20)11-18(14)23-9-6-15(13-23)12-21-19(25)22-8-2-3-17(24)7-10-22/h4-5,11,15,17,24H,2-3,6-10,12-13H2,1H3,(H,21,25). The maximum atomic E-state index is 12.4. The Kier molecular flexibility index (Phi) is 6.07. The molecule has 138 valence electrons. The van der Waals surface area contributed by atoms with Crippen LogP contribution in [0, 0.1) is 12.8 Å². The van der Waals surface area contributed by atoms with Gasteiger partial charge in [-0.1, -0.05) is 17.7 Å². The molecule has 0 bridgehead atoms. The Balaban J connectivity index is 1.48. The third-order valence-electron chi connectivity index (χ3n) is 5.32. The molecule has 6 heteroatoms. The summed E-state index contributed by atoms with van der Waals surface area (Å²) in [6, 6.07) is 6.01. The number of anilines is 1. The summed E-state index contributed by atoms with van der Waals surface area (Å²) >= 11 is 6.14. The number of benzene rings is 1. The summed E-state index contributed by atoms with van der Waals surface area (Å²) in [6.07, 6.45) is 3.16. The van der Waals surface area contributed by atoms with Crippen LogP contribution in [0.2, 0.25) is 5.02 Å². The summed E-state index contributed by atoms with van der Waals surface area (Å²) in [6.45, 7) is 6.13. The van der Waals surface area contributed by atoms with Crippen LogP contribution in [0.3, 0.4) is 0 Å². The number of halogens is 1. The first-order valence-electron chi connectivity index (χ1n) is 9.25. The number of hydrogen-bond acceptors (Lipinski definition) is 3. The molecule has 0 aromatic heterocycles. The second-order valence-corrected chi connectivity index (χ2v) is 7.73. The molecule has 1 aromatic rings. The molecule has 2 fully saturated rings. The first-order valence-corrected chi connectivity index (χ1v) is 9.62. The zero-order valence-electron chi connectivity index (χ0n) is 14.9. The molecular formula is C19H28ClN3O2. The first kappa shape index (κ1) is 18.3. The first-order chi connectivity index (χ1) is 12.0. The van der Waals surface area contributed by atoms with E-state index in [0.717, 1.165) is 43.9 Å². The minimum absolute atomic E-state index is 0.00601. The van der Waals surface area contributed by atoms with Gasteiger partial charge < -0.3 is 20.2 Å². The van der Waals surface area contributed by atoms with Crippen molar-refractivity contribution in [1.29, 1.82) is 0 Å². The lowest BCUT2D eigenvalue weighted by atomic mass is 10.1. The summed E-state index contributed by atoms with van der Waals surface area (Å²) < 4.78 is 0. The summed E-state index contributed by atoms with van der Waals surface area (Å²) in [5, 5.41) is 13.5. The molecule has 2 N–H and O–H groups in total. The fraction of sp³-hybridized carbons (Fsp3) is 0.632. The highest BCUT2D eigenvalue weighted by Gasteiger charge is 2.25. The molecule has 3 rings (SSSR count). The van der Waals surface area contributed by atoms with E-state index in [1.165, 1.54) is 11.3 Å². The molecule has 2 heterocycles. The molecular weight excluding hydrogens is 338 g/mol. The van der Waals surface area contributed by atoms with E-state index in [-0.39, 0.29) is 12.1 Å². The Morgan fingerprint density at radius 3 is 2.96 bits per heavy atom. The fourth-order valence-electron chi connectivity index (χ4n) is 3.77. The lowest BCUT2D eigenvalue weighted by Gasteiger charge is -2.23. The van der Waals surface area contributed by atoms with E-state index in [4.69, 9.17) is 11.6 Å². The van der Waals surface area contributed by atoms with Gasteiger partial charge in [0.15, 0.2) is 0 Å². The largest absolute Gasteiger partial charge is 0.393 e. The van der Waals surface area contributed by atoms with Crippen molar-refractivity contribution in [2.75, 3.05) is 37.6 Å². The summed E-state index contributed by atoms with van der Waals surface area (Å²) in [4.78, 5) is 16.6. The van der Waals surface area contributed by atoms with E-state index in [1.54, 1.807) is 0 Å². The molecule has 0 aliphatic carbocycles. The van der Waals surface area contributed by atoms with Crippen LogP contribution in [0.5, 0.6) is 0 Å². The maximum absolute atomic E-state index is 12.4. The summed E-state index contributed by atoms with van der Waals surface area (Å²) in [7, 11) is 0. The van der Waals surface area contributed by atoms with E-state index in [2.05, 4.69) is 23.2 Å². The van der Waals surface area contributed by atoms with Gasteiger partial charge in [-0.3, -0.25) is 0 Å². The van der Waals surface area contributed by atoms with E-state index in [9.17, 15) is 9.90 Å². The minimum Gasteiger partial charge on any atom is -0.393 e. The predicted octanol–water partition coefficient (Wildman–Crippen LogP) is 3.03. The van der Waals surface area contributed by atoms with Crippen LogP contribution in [0.15, 0.2) is 18.2 Å². The minimum atomic E-state index is -0.262. The van der Waals surface area contributed by atoms with Crippen LogP contribution < -0.4 is 10.2 Å². The molecule has 2 unspecified atom stereocenters. The van der Waals surface area contributed by atoms with Crippen LogP contribution in [0.4, 0.5) is 10.5 Å². The van der Waals surface area contributed by atoms with Gasteiger partial charge in [0.05, 0.1) is 6.10 Å². The monoisotopic (exact) mass is 365 g/mol. The molecule has 1 aromatic carbocycles. The maximum Gasteiger partial charge on any atom is 0.317 e. The van der Waals surface area contributed by atoms with Gasteiger partial charge in [0.1, 0.15) is 0 Å². The fourth-order valence-corrected chi connectivity index (χ4v) is 3.93. The molecule has 5 nitrogen and oxygen atoms in total. The molecule has 0 radical (unpaired) electrons. The van der Waals surface area contributed by atoms with Crippen LogP contribution in [-0.2, 0) is 0 Å². The van der Waals surface area contributed by atoms with Crippen molar-refractivity contribution in [2.45, 2.75) is 38.7 Å². The number of carbonyl (C=O) groups excluding carboxylic acids is 1. The van der Waals surface area contributed by atoms with Gasteiger partial charge in [-0.25, -0.2) is 4.79 Å². The number of rotatable bonds is 3. The van der Waals surface area contributed by atoms with Crippen molar-refractivity contribution in [3.63, 3.8) is 0 Å². The summed E-state index contributed by atoms with van der Waals surface area (Å²) in [5.74, 6) is 0.458. The van der Waals surface area contributed by atoms with Gasteiger partial charge in [0, 0.05) is 43.4 Å². The number of amides is 2. The second-order valence-electron chi connectivity index (χ2n) is 7.29. The molecule has 2 atom stereocenters. The average Bonchev–Trinajstić information content (AvgIpc) is 2.96. The van der Waals surface area contributed by atoms with Gasteiger partial charge in [0.2, 0.25) is 0 Å². The number of nitrogens with one attached hydrogen (secondary N) is 1. The van der Waals surface area contributed by atoms with Crippen molar-refractivity contribution in [2.24, 2.45) is 5.92 Å². The van der Waals surface area contributed by atoms with E-state index < -0.39 is 0 Å². The molecule has 2 aliphatic rings. The number of likely N-dealkylation sites (tertiary alicyclic amines) is 1. The SMILES string of the molecule is Cc1ccc(Cl)cc1N1CCC(CNC(=O)N2CCCC(O)CC2)C1. The highest BCUT2D eigenvalue weighted by molar-refractivity contribution is 6.30. The molecule has 2 aliphatic heterocycles. The number of aryl methyl sites for hydroxylation is 1. The van der Waals surface area contributed by atoms with Crippen LogP contribution in [-0.4, -0.2) is 54.9 Å². The number of aliphatic hydroxyl groups is 1. The van der Waals surface area contributed by atoms with Gasteiger partial charge in [-0.2, -0.15) is 0 Å². The molecule has 0 saturated carbocycles. The van der Waals surface area contributed by atoms with Gasteiger partial charge >= 0.3 is 6.03 Å². The van der Waals surface area contributed by atoms with Gasteiger partial charge in [0.25, 0.3) is 0 Å². The topological polar surface area (TPSA) is 55.8 Å². The van der Waals surface area contributed by atoms with Crippen molar-refractivity contribution in [3.05, 3.63) is 28.8 Å². The smallest absolute Gasteiger partial charge is 0.317 e.